The van der Waals surface area contributed by atoms with E-state index in [-0.39, 0.29) is 11.7 Å². The first kappa shape index (κ1) is 15.1. The van der Waals surface area contributed by atoms with Gasteiger partial charge in [-0.2, -0.15) is 0 Å². The zero-order valence-corrected chi connectivity index (χ0v) is 13.7. The van der Waals surface area contributed by atoms with Gasteiger partial charge in [-0.05, 0) is 92.3 Å². The van der Waals surface area contributed by atoms with Crippen LogP contribution in [0.15, 0.2) is 24.3 Å². The lowest BCUT2D eigenvalue weighted by Crippen LogP contribution is -2.57. The molecule has 0 aromatic heterocycles. The fraction of sp³-hybridized carbons (Fsp3) is 0.556. The van der Waals surface area contributed by atoms with Gasteiger partial charge < -0.3 is 5.32 Å². The summed E-state index contributed by atoms with van der Waals surface area (Å²) in [6, 6.07) is 5.91. The van der Waals surface area contributed by atoms with E-state index < -0.39 is 0 Å². The smallest absolute Gasteiger partial charge is 0.257 e. The zero-order valence-electron chi connectivity index (χ0n) is 12.9. The summed E-state index contributed by atoms with van der Waals surface area (Å²) in [6.07, 6.45) is 6.64. The van der Waals surface area contributed by atoms with Crippen molar-refractivity contribution in [3.8, 4) is 0 Å². The van der Waals surface area contributed by atoms with Crippen molar-refractivity contribution in [2.75, 3.05) is 0 Å². The molecular formula is C18H21FN2OS. The third-order valence-corrected chi connectivity index (χ3v) is 6.08. The van der Waals surface area contributed by atoms with E-state index >= 15 is 0 Å². The molecule has 4 fully saturated rings. The fourth-order valence-corrected chi connectivity index (χ4v) is 5.35. The largest absolute Gasteiger partial charge is 0.359 e. The summed E-state index contributed by atoms with van der Waals surface area (Å²) in [7, 11) is 0. The van der Waals surface area contributed by atoms with Gasteiger partial charge in [0.1, 0.15) is 5.82 Å². The topological polar surface area (TPSA) is 41.1 Å². The summed E-state index contributed by atoms with van der Waals surface area (Å²) < 4.78 is 12.9. The molecule has 1 aromatic carbocycles. The Morgan fingerprint density at radius 2 is 1.57 bits per heavy atom. The Morgan fingerprint density at radius 1 is 1.00 bits per heavy atom. The highest BCUT2D eigenvalue weighted by Gasteiger charge is 2.48. The van der Waals surface area contributed by atoms with E-state index in [4.69, 9.17) is 12.2 Å². The van der Waals surface area contributed by atoms with Gasteiger partial charge in [-0.15, -0.1) is 0 Å². The van der Waals surface area contributed by atoms with Gasteiger partial charge in [0, 0.05) is 11.6 Å². The standard InChI is InChI=1S/C18H21FN2OS/c19-15-3-1-12(2-4-15)17(22)21-18(23)20-16-13-6-10-5-11(8-13)9-14(16)7-10/h1-4,10-11,13-14,16H,5-9H2,(H2,20,21,22,23). The van der Waals surface area contributed by atoms with Gasteiger partial charge in [0.2, 0.25) is 0 Å². The minimum Gasteiger partial charge on any atom is -0.359 e. The number of nitrogens with one attached hydrogen (secondary N) is 2. The maximum atomic E-state index is 12.9. The molecule has 1 aromatic rings. The minimum atomic E-state index is -0.351. The molecule has 23 heavy (non-hydrogen) atoms. The number of hydrogen-bond acceptors (Lipinski definition) is 2. The molecule has 4 aliphatic carbocycles. The van der Waals surface area contributed by atoms with Gasteiger partial charge in [0.15, 0.2) is 5.11 Å². The lowest BCUT2D eigenvalue weighted by atomic mass is 9.54. The third-order valence-electron chi connectivity index (χ3n) is 5.86. The van der Waals surface area contributed by atoms with Gasteiger partial charge in [-0.1, -0.05) is 0 Å². The lowest BCUT2D eigenvalue weighted by Gasteiger charge is -2.54. The maximum Gasteiger partial charge on any atom is 0.257 e. The van der Waals surface area contributed by atoms with Crippen LogP contribution in [0, 0.1) is 29.5 Å². The fourth-order valence-electron chi connectivity index (χ4n) is 5.12. The van der Waals surface area contributed by atoms with Gasteiger partial charge in [-0.3, -0.25) is 10.1 Å². The molecule has 0 heterocycles. The van der Waals surface area contributed by atoms with Crippen LogP contribution in [0.2, 0.25) is 0 Å². The molecule has 5 rings (SSSR count). The zero-order chi connectivity index (χ0) is 16.0. The van der Waals surface area contributed by atoms with Gasteiger partial charge >= 0.3 is 0 Å². The first-order valence-electron chi connectivity index (χ1n) is 8.46. The molecule has 4 saturated carbocycles. The van der Waals surface area contributed by atoms with Crippen LogP contribution >= 0.6 is 12.2 Å². The Balaban J connectivity index is 1.37. The maximum absolute atomic E-state index is 12.9. The number of rotatable bonds is 2. The summed E-state index contributed by atoms with van der Waals surface area (Å²) in [5.74, 6) is 2.59. The van der Waals surface area contributed by atoms with E-state index in [1.54, 1.807) is 0 Å². The molecular weight excluding hydrogens is 311 g/mol. The molecule has 2 N–H and O–H groups in total. The summed E-state index contributed by atoms with van der Waals surface area (Å²) in [5, 5.41) is 6.53. The van der Waals surface area contributed by atoms with E-state index in [2.05, 4.69) is 10.6 Å². The molecule has 122 valence electrons. The average Bonchev–Trinajstić information content (AvgIpc) is 2.50. The molecule has 0 unspecified atom stereocenters. The third kappa shape index (κ3) is 2.99. The molecule has 1 amide bonds. The van der Waals surface area contributed by atoms with Gasteiger partial charge in [-0.25, -0.2) is 4.39 Å². The average molecular weight is 332 g/mol. The molecule has 0 saturated heterocycles. The van der Waals surface area contributed by atoms with E-state index in [0.717, 1.165) is 11.8 Å². The van der Waals surface area contributed by atoms with Crippen LogP contribution in [0.25, 0.3) is 0 Å². The molecule has 4 aliphatic rings. The molecule has 3 nitrogen and oxygen atoms in total. The number of carbonyl (C=O) groups is 1. The van der Waals surface area contributed by atoms with Gasteiger partial charge in [0.25, 0.3) is 5.91 Å². The van der Waals surface area contributed by atoms with Crippen molar-refractivity contribution in [2.24, 2.45) is 23.7 Å². The van der Waals surface area contributed by atoms with Crippen LogP contribution in [-0.4, -0.2) is 17.1 Å². The van der Waals surface area contributed by atoms with Crippen molar-refractivity contribution >= 4 is 23.2 Å². The summed E-state index contributed by atoms with van der Waals surface area (Å²) in [4.78, 5) is 12.2. The highest BCUT2D eigenvalue weighted by Crippen LogP contribution is 2.53. The normalized spacial score (nSPS) is 34.2. The number of benzene rings is 1. The SMILES string of the molecule is O=C(NC(=S)NC1C2CC3CC(C2)CC1C3)c1ccc(F)cc1. The van der Waals surface area contributed by atoms with E-state index in [0.29, 0.717) is 28.6 Å². The first-order chi connectivity index (χ1) is 11.1. The van der Waals surface area contributed by atoms with Crippen molar-refractivity contribution in [3.63, 3.8) is 0 Å². The Morgan fingerprint density at radius 3 is 2.13 bits per heavy atom. The highest BCUT2D eigenvalue weighted by molar-refractivity contribution is 7.80. The van der Waals surface area contributed by atoms with Crippen LogP contribution in [0.1, 0.15) is 42.5 Å². The van der Waals surface area contributed by atoms with Crippen LogP contribution in [-0.2, 0) is 0 Å². The summed E-state index contributed by atoms with van der Waals surface area (Å²) >= 11 is 5.34. The predicted octanol–water partition coefficient (Wildman–Crippen LogP) is 3.25. The second-order valence-electron chi connectivity index (χ2n) is 7.39. The molecule has 0 atom stereocenters. The quantitative estimate of drug-likeness (QED) is 0.817. The summed E-state index contributed by atoms with van der Waals surface area (Å²) in [6.45, 7) is 0. The van der Waals surface area contributed by atoms with Crippen LogP contribution < -0.4 is 10.6 Å². The summed E-state index contributed by atoms with van der Waals surface area (Å²) in [5.41, 5.74) is 0.417. The monoisotopic (exact) mass is 332 g/mol. The Bertz CT molecular complexity index is 602. The number of halogens is 1. The Kier molecular flexibility index (Phi) is 3.84. The minimum absolute atomic E-state index is 0.286. The van der Waals surface area contributed by atoms with Crippen molar-refractivity contribution in [3.05, 3.63) is 35.6 Å². The van der Waals surface area contributed by atoms with Crippen LogP contribution in [0.3, 0.4) is 0 Å². The number of amides is 1. The van der Waals surface area contributed by atoms with Crippen molar-refractivity contribution in [2.45, 2.75) is 38.1 Å². The Hall–Kier alpha value is -1.49. The first-order valence-corrected chi connectivity index (χ1v) is 8.86. The molecule has 0 spiro atoms. The molecule has 0 aliphatic heterocycles. The second-order valence-corrected chi connectivity index (χ2v) is 7.80. The van der Waals surface area contributed by atoms with Crippen LogP contribution in [0.4, 0.5) is 4.39 Å². The van der Waals surface area contributed by atoms with Crippen molar-refractivity contribution in [1.82, 2.24) is 10.6 Å². The molecule has 5 heteroatoms. The second kappa shape index (κ2) is 5.86. The lowest BCUT2D eigenvalue weighted by molar-refractivity contribution is -0.00692. The number of carbonyl (C=O) groups excluding carboxylic acids is 1. The molecule has 4 bridgehead atoms. The molecule has 0 radical (unpaired) electrons. The van der Waals surface area contributed by atoms with E-state index in [1.807, 2.05) is 0 Å². The highest BCUT2D eigenvalue weighted by atomic mass is 32.1. The van der Waals surface area contributed by atoms with Crippen LogP contribution in [0.5, 0.6) is 0 Å². The van der Waals surface area contributed by atoms with Crippen molar-refractivity contribution in [1.29, 1.82) is 0 Å². The van der Waals surface area contributed by atoms with E-state index in [9.17, 15) is 9.18 Å². The number of hydrogen-bond donors (Lipinski definition) is 2. The van der Waals surface area contributed by atoms with E-state index in [1.165, 1.54) is 56.4 Å². The van der Waals surface area contributed by atoms with Crippen molar-refractivity contribution < 1.29 is 9.18 Å². The van der Waals surface area contributed by atoms with Gasteiger partial charge in [0.05, 0.1) is 0 Å². The predicted molar refractivity (Wildman–Crippen MR) is 90.4 cm³/mol. The Labute approximate surface area is 141 Å². The number of thiocarbonyl (C=S) groups is 1.